The number of rotatable bonds is 8. The van der Waals surface area contributed by atoms with Gasteiger partial charge in [0.25, 0.3) is 0 Å². The van der Waals surface area contributed by atoms with E-state index in [9.17, 15) is 0 Å². The van der Waals surface area contributed by atoms with Crippen LogP contribution in [0.25, 0.3) is 22.3 Å². The van der Waals surface area contributed by atoms with Crippen LogP contribution in [0.1, 0.15) is 73.7 Å². The summed E-state index contributed by atoms with van der Waals surface area (Å²) in [6.45, 7) is 14.8. The summed E-state index contributed by atoms with van der Waals surface area (Å²) < 4.78 is 0. The molecule has 0 aromatic heterocycles. The van der Waals surface area contributed by atoms with Crippen LogP contribution < -0.4 is 11.1 Å². The lowest BCUT2D eigenvalue weighted by Gasteiger charge is -2.18. The molecule has 2 unspecified atom stereocenters. The fourth-order valence-electron chi connectivity index (χ4n) is 4.18. The van der Waals surface area contributed by atoms with Crippen LogP contribution in [0.4, 0.5) is 0 Å². The normalized spacial score (nSPS) is 11.9. The molecule has 4 rings (SSSR count). The van der Waals surface area contributed by atoms with E-state index in [1.165, 1.54) is 44.5 Å². The van der Waals surface area contributed by atoms with Crippen molar-refractivity contribution in [3.05, 3.63) is 119 Å². The largest absolute Gasteiger partial charge is 0.330 e. The van der Waals surface area contributed by atoms with E-state index in [0.29, 0.717) is 10.9 Å². The average molecular weight is 588 g/mol. The van der Waals surface area contributed by atoms with Crippen LogP contribution in [0.5, 0.6) is 0 Å². The molecule has 3 heteroatoms. The number of alkyl halides is 1. The molecule has 2 nitrogen and oxygen atoms in total. The van der Waals surface area contributed by atoms with E-state index in [0.717, 1.165) is 25.9 Å². The predicted octanol–water partition coefficient (Wildman–Crippen LogP) is 10.2. The van der Waals surface area contributed by atoms with Crippen LogP contribution in [0, 0.1) is 13.8 Å². The van der Waals surface area contributed by atoms with Crippen molar-refractivity contribution in [2.24, 2.45) is 5.73 Å². The van der Waals surface area contributed by atoms with Crippen molar-refractivity contribution in [3.8, 4) is 22.3 Å². The van der Waals surface area contributed by atoms with Crippen molar-refractivity contribution >= 4 is 15.9 Å². The van der Waals surface area contributed by atoms with Crippen molar-refractivity contribution < 1.29 is 0 Å². The Hall–Kier alpha value is -2.72. The minimum Gasteiger partial charge on any atom is -0.330 e. The lowest BCUT2D eigenvalue weighted by molar-refractivity contribution is 0.572. The molecule has 0 spiro atoms. The Morgan fingerprint density at radius 1 is 0.641 bits per heavy atom. The summed E-state index contributed by atoms with van der Waals surface area (Å²) in [6.07, 6.45) is 2.26. The average Bonchev–Trinajstić information content (AvgIpc) is 2.97. The van der Waals surface area contributed by atoms with Crippen molar-refractivity contribution in [3.63, 3.8) is 0 Å². The summed E-state index contributed by atoms with van der Waals surface area (Å²) in [5, 5.41) is 3.57. The summed E-state index contributed by atoms with van der Waals surface area (Å²) in [7, 11) is 0. The SMILES string of the molecule is CCCN.CCCNC(C)c1ccccc1-c1ccc(C)cc1.Cc1ccc(-c2ccccc2C(C)Br)cc1. The first-order valence-electron chi connectivity index (χ1n) is 14.2. The van der Waals surface area contributed by atoms with Gasteiger partial charge in [-0.05, 0) is 87.0 Å². The Morgan fingerprint density at radius 3 is 1.46 bits per heavy atom. The maximum Gasteiger partial charge on any atom is 0.0373 e. The highest BCUT2D eigenvalue weighted by Crippen LogP contribution is 2.32. The molecule has 0 saturated heterocycles. The van der Waals surface area contributed by atoms with Gasteiger partial charge in [0, 0.05) is 10.9 Å². The molecule has 0 aliphatic carbocycles. The van der Waals surface area contributed by atoms with E-state index in [2.05, 4.69) is 160 Å². The maximum absolute atomic E-state index is 5.03. The molecular weight excluding hydrogens is 540 g/mol. The van der Waals surface area contributed by atoms with Gasteiger partial charge in [0.2, 0.25) is 0 Å². The molecule has 0 saturated carbocycles. The first kappa shape index (κ1) is 32.5. The van der Waals surface area contributed by atoms with Gasteiger partial charge in [-0.1, -0.05) is 138 Å². The first-order valence-corrected chi connectivity index (χ1v) is 15.1. The Kier molecular flexibility index (Phi) is 14.8. The number of nitrogens with two attached hydrogens (primary N) is 1. The highest BCUT2D eigenvalue weighted by atomic mass is 79.9. The van der Waals surface area contributed by atoms with E-state index >= 15 is 0 Å². The van der Waals surface area contributed by atoms with Crippen LogP contribution in [-0.4, -0.2) is 13.1 Å². The van der Waals surface area contributed by atoms with Crippen molar-refractivity contribution in [2.45, 2.75) is 65.3 Å². The minimum absolute atomic E-state index is 0.380. The van der Waals surface area contributed by atoms with Gasteiger partial charge in [0.1, 0.15) is 0 Å². The number of hydrogen-bond acceptors (Lipinski definition) is 2. The summed E-state index contributed by atoms with van der Waals surface area (Å²) in [5.41, 5.74) is 15.6. The lowest BCUT2D eigenvalue weighted by Crippen LogP contribution is -2.19. The second-order valence-electron chi connectivity index (χ2n) is 9.99. The molecule has 2 atom stereocenters. The Labute approximate surface area is 246 Å². The van der Waals surface area contributed by atoms with E-state index in [-0.39, 0.29) is 0 Å². The summed E-state index contributed by atoms with van der Waals surface area (Å²) in [5.74, 6) is 0. The molecule has 4 aromatic rings. The summed E-state index contributed by atoms with van der Waals surface area (Å²) >= 11 is 3.65. The topological polar surface area (TPSA) is 38.0 Å². The van der Waals surface area contributed by atoms with E-state index in [1.807, 2.05) is 0 Å². The fourth-order valence-corrected chi connectivity index (χ4v) is 4.58. The van der Waals surface area contributed by atoms with Gasteiger partial charge in [0.15, 0.2) is 0 Å². The second-order valence-corrected chi connectivity index (χ2v) is 11.4. The number of aryl methyl sites for hydroxylation is 2. The monoisotopic (exact) mass is 586 g/mol. The smallest absolute Gasteiger partial charge is 0.0373 e. The van der Waals surface area contributed by atoms with Crippen LogP contribution in [0.15, 0.2) is 97.1 Å². The number of halogens is 1. The van der Waals surface area contributed by atoms with E-state index in [4.69, 9.17) is 5.73 Å². The van der Waals surface area contributed by atoms with E-state index < -0.39 is 0 Å². The minimum atomic E-state index is 0.380. The quantitative estimate of drug-likeness (QED) is 0.201. The Morgan fingerprint density at radius 2 is 1.05 bits per heavy atom. The van der Waals surface area contributed by atoms with Gasteiger partial charge in [-0.3, -0.25) is 0 Å². The molecule has 208 valence electrons. The molecule has 39 heavy (non-hydrogen) atoms. The fraction of sp³-hybridized carbons (Fsp3) is 0.333. The van der Waals surface area contributed by atoms with Gasteiger partial charge in [0.05, 0.1) is 0 Å². The van der Waals surface area contributed by atoms with Crippen LogP contribution in [-0.2, 0) is 0 Å². The van der Waals surface area contributed by atoms with E-state index in [1.54, 1.807) is 0 Å². The zero-order chi connectivity index (χ0) is 28.6. The highest BCUT2D eigenvalue weighted by molar-refractivity contribution is 9.09. The Balaban J connectivity index is 0.000000243. The predicted molar refractivity (Wildman–Crippen MR) is 177 cm³/mol. The highest BCUT2D eigenvalue weighted by Gasteiger charge is 2.11. The summed E-state index contributed by atoms with van der Waals surface area (Å²) in [4.78, 5) is 0.380. The number of benzene rings is 4. The van der Waals surface area contributed by atoms with Crippen molar-refractivity contribution in [1.29, 1.82) is 0 Å². The van der Waals surface area contributed by atoms with Crippen molar-refractivity contribution in [2.75, 3.05) is 13.1 Å². The molecule has 0 radical (unpaired) electrons. The van der Waals surface area contributed by atoms with Gasteiger partial charge in [-0.25, -0.2) is 0 Å². The zero-order valence-corrected chi connectivity index (χ0v) is 26.3. The molecule has 0 bridgehead atoms. The third-order valence-corrected chi connectivity index (χ3v) is 7.02. The zero-order valence-electron chi connectivity index (χ0n) is 24.7. The second kappa shape index (κ2) is 17.8. The Bertz CT molecular complexity index is 1210. The maximum atomic E-state index is 5.03. The van der Waals surface area contributed by atoms with Gasteiger partial charge < -0.3 is 11.1 Å². The molecule has 0 heterocycles. The van der Waals surface area contributed by atoms with Gasteiger partial charge >= 0.3 is 0 Å². The van der Waals surface area contributed by atoms with Crippen LogP contribution in [0.2, 0.25) is 0 Å². The lowest BCUT2D eigenvalue weighted by atomic mass is 9.95. The molecular formula is C36H47BrN2. The molecule has 0 amide bonds. The van der Waals surface area contributed by atoms with Crippen molar-refractivity contribution in [1.82, 2.24) is 5.32 Å². The van der Waals surface area contributed by atoms with Crippen LogP contribution in [0.3, 0.4) is 0 Å². The third-order valence-electron chi connectivity index (χ3n) is 6.53. The first-order chi connectivity index (χ1) is 18.8. The van der Waals surface area contributed by atoms with Crippen LogP contribution >= 0.6 is 15.9 Å². The third kappa shape index (κ3) is 10.8. The molecule has 3 N–H and O–H groups in total. The standard InChI is InChI=1S/C18H23N.C15H15Br.C3H9N/c1-4-13-19-15(3)17-7-5-6-8-18(17)16-11-9-14(2)10-12-16;1-11-7-9-13(10-8-11)15-6-4-3-5-14(15)12(2)16;1-2-3-4/h5-12,15,19H,4,13H2,1-3H3;3-10,12H,1-2H3;2-4H2,1H3. The molecule has 4 aromatic carbocycles. The van der Waals surface area contributed by atoms with Gasteiger partial charge in [-0.15, -0.1) is 0 Å². The number of hydrogen-bond donors (Lipinski definition) is 2. The summed E-state index contributed by atoms with van der Waals surface area (Å²) in [6, 6.07) is 35.1. The molecule has 0 aliphatic heterocycles. The number of nitrogens with one attached hydrogen (secondary N) is 1. The van der Waals surface area contributed by atoms with Gasteiger partial charge in [-0.2, -0.15) is 0 Å². The molecule has 0 fully saturated rings. The molecule has 0 aliphatic rings.